The van der Waals surface area contributed by atoms with Crippen LogP contribution in [0.3, 0.4) is 0 Å². The van der Waals surface area contributed by atoms with Gasteiger partial charge in [0.15, 0.2) is 5.69 Å². The van der Waals surface area contributed by atoms with Gasteiger partial charge in [0, 0.05) is 17.4 Å². The number of amides is 1. The molecule has 0 saturated carbocycles. The Balaban J connectivity index is 1.57. The largest absolute Gasteiger partial charge is 0.497 e. The quantitative estimate of drug-likeness (QED) is 0.725. The molecule has 3 heterocycles. The highest BCUT2D eigenvalue weighted by Gasteiger charge is 2.25. The second-order valence-electron chi connectivity index (χ2n) is 6.10. The van der Waals surface area contributed by atoms with Gasteiger partial charge >= 0.3 is 5.97 Å². The minimum atomic E-state index is -0.477. The number of esters is 1. The van der Waals surface area contributed by atoms with E-state index >= 15 is 0 Å². The van der Waals surface area contributed by atoms with E-state index in [-0.39, 0.29) is 11.6 Å². The van der Waals surface area contributed by atoms with Gasteiger partial charge in [0.25, 0.3) is 5.91 Å². The Kier molecular flexibility index (Phi) is 3.87. The van der Waals surface area contributed by atoms with Crippen molar-refractivity contribution in [1.29, 1.82) is 0 Å². The van der Waals surface area contributed by atoms with E-state index in [1.807, 2.05) is 24.3 Å². The van der Waals surface area contributed by atoms with Crippen LogP contribution < -0.4 is 4.74 Å². The molecule has 0 unspecified atom stereocenters. The van der Waals surface area contributed by atoms with Crippen molar-refractivity contribution in [2.75, 3.05) is 20.8 Å². The topological polar surface area (TPSA) is 89.5 Å². The highest BCUT2D eigenvalue weighted by molar-refractivity contribution is 5.98. The lowest BCUT2D eigenvalue weighted by Crippen LogP contribution is -2.38. The first-order valence-corrected chi connectivity index (χ1v) is 8.20. The number of carbonyl (C=O) groups is 2. The molecule has 1 aliphatic rings. The summed E-state index contributed by atoms with van der Waals surface area (Å²) < 4.78 is 11.7. The van der Waals surface area contributed by atoms with Gasteiger partial charge in [0.1, 0.15) is 11.4 Å². The first-order chi connectivity index (χ1) is 12.6. The number of carbonyl (C=O) groups excluding carboxylic acids is 2. The molecule has 2 aromatic heterocycles. The predicted molar refractivity (Wildman–Crippen MR) is 93.2 cm³/mol. The molecule has 8 nitrogen and oxygen atoms in total. The van der Waals surface area contributed by atoms with Gasteiger partial charge in [-0.1, -0.05) is 0 Å². The fourth-order valence-electron chi connectivity index (χ4n) is 3.17. The third-order valence-electron chi connectivity index (χ3n) is 4.54. The van der Waals surface area contributed by atoms with E-state index in [0.717, 1.165) is 22.3 Å². The SMILES string of the molecule is COC(=O)c1cc2n(n1)CCN(C(=O)c1cc3cc(OC)ccc3[nH]1)C2. The molecule has 1 N–H and O–H groups in total. The smallest absolute Gasteiger partial charge is 0.358 e. The van der Waals surface area contributed by atoms with Gasteiger partial charge in [-0.3, -0.25) is 9.48 Å². The summed E-state index contributed by atoms with van der Waals surface area (Å²) in [4.78, 5) is 29.4. The molecular weight excluding hydrogens is 336 g/mol. The van der Waals surface area contributed by atoms with Crippen molar-refractivity contribution in [2.45, 2.75) is 13.1 Å². The zero-order chi connectivity index (χ0) is 18.3. The summed E-state index contributed by atoms with van der Waals surface area (Å²) in [6, 6.07) is 9.11. The minimum absolute atomic E-state index is 0.0905. The van der Waals surface area contributed by atoms with Crippen LogP contribution in [0.4, 0.5) is 0 Å². The highest BCUT2D eigenvalue weighted by atomic mass is 16.5. The Morgan fingerprint density at radius 2 is 2.00 bits per heavy atom. The van der Waals surface area contributed by atoms with Crippen LogP contribution in [0.15, 0.2) is 30.3 Å². The summed E-state index contributed by atoms with van der Waals surface area (Å²) in [5, 5.41) is 5.14. The predicted octanol–water partition coefficient (Wildman–Crippen LogP) is 1.82. The molecular formula is C18H18N4O4. The van der Waals surface area contributed by atoms with Gasteiger partial charge < -0.3 is 19.4 Å². The van der Waals surface area contributed by atoms with Crippen LogP contribution >= 0.6 is 0 Å². The molecule has 1 aromatic carbocycles. The molecule has 8 heteroatoms. The Bertz CT molecular complexity index is 1000. The highest BCUT2D eigenvalue weighted by Crippen LogP contribution is 2.23. The normalized spacial score (nSPS) is 13.5. The number of hydrogen-bond acceptors (Lipinski definition) is 5. The standard InChI is InChI=1S/C18H18N4O4/c1-25-13-3-4-14-11(7-13)8-15(19-14)17(23)21-5-6-22-12(10-21)9-16(20-22)18(24)26-2/h3-4,7-9,19H,5-6,10H2,1-2H3. The molecule has 0 spiro atoms. The van der Waals surface area contributed by atoms with Crippen LogP contribution in [0.2, 0.25) is 0 Å². The summed E-state index contributed by atoms with van der Waals surface area (Å²) in [6.45, 7) is 1.44. The number of nitrogens with one attached hydrogen (secondary N) is 1. The second kappa shape index (κ2) is 6.21. The van der Waals surface area contributed by atoms with Gasteiger partial charge in [0.2, 0.25) is 0 Å². The second-order valence-corrected chi connectivity index (χ2v) is 6.10. The number of nitrogens with zero attached hydrogens (tertiary/aromatic N) is 3. The third-order valence-corrected chi connectivity index (χ3v) is 4.54. The maximum absolute atomic E-state index is 12.9. The molecule has 0 bridgehead atoms. The number of aromatic nitrogens is 3. The van der Waals surface area contributed by atoms with E-state index in [0.29, 0.717) is 25.3 Å². The molecule has 0 saturated heterocycles. The van der Waals surface area contributed by atoms with Crippen LogP contribution in [0.5, 0.6) is 5.75 Å². The number of hydrogen-bond donors (Lipinski definition) is 1. The van der Waals surface area contributed by atoms with E-state index in [2.05, 4.69) is 10.1 Å². The average molecular weight is 354 g/mol. The minimum Gasteiger partial charge on any atom is -0.497 e. The van der Waals surface area contributed by atoms with Crippen molar-refractivity contribution in [3.63, 3.8) is 0 Å². The van der Waals surface area contributed by atoms with Crippen LogP contribution in [-0.4, -0.2) is 52.3 Å². The third kappa shape index (κ3) is 2.69. The van der Waals surface area contributed by atoms with Gasteiger partial charge in [-0.25, -0.2) is 4.79 Å². The fraction of sp³-hybridized carbons (Fsp3) is 0.278. The average Bonchev–Trinajstić information content (AvgIpc) is 3.29. The zero-order valence-corrected chi connectivity index (χ0v) is 14.5. The van der Waals surface area contributed by atoms with Gasteiger partial charge in [-0.05, 0) is 30.3 Å². The van der Waals surface area contributed by atoms with Crippen molar-refractivity contribution in [1.82, 2.24) is 19.7 Å². The molecule has 26 heavy (non-hydrogen) atoms. The van der Waals surface area contributed by atoms with Gasteiger partial charge in [-0.2, -0.15) is 5.10 Å². The Morgan fingerprint density at radius 3 is 2.77 bits per heavy atom. The summed E-state index contributed by atoms with van der Waals surface area (Å²) in [5.74, 6) is 0.175. The lowest BCUT2D eigenvalue weighted by molar-refractivity contribution is 0.0591. The molecule has 0 fully saturated rings. The van der Waals surface area contributed by atoms with E-state index in [1.165, 1.54) is 7.11 Å². The Hall–Kier alpha value is -3.29. The summed E-state index contributed by atoms with van der Waals surface area (Å²) in [6.07, 6.45) is 0. The molecule has 3 aromatic rings. The van der Waals surface area contributed by atoms with E-state index in [1.54, 1.807) is 22.8 Å². The van der Waals surface area contributed by atoms with Gasteiger partial charge in [-0.15, -0.1) is 0 Å². The van der Waals surface area contributed by atoms with Crippen LogP contribution in [0, 0.1) is 0 Å². The molecule has 134 valence electrons. The number of fused-ring (bicyclic) bond motifs is 2. The Labute approximate surface area is 149 Å². The summed E-state index contributed by atoms with van der Waals surface area (Å²) >= 11 is 0. The van der Waals surface area contributed by atoms with Gasteiger partial charge in [0.05, 0.1) is 33.0 Å². The fourth-order valence-corrected chi connectivity index (χ4v) is 3.17. The van der Waals surface area contributed by atoms with Crippen LogP contribution in [-0.2, 0) is 17.8 Å². The van der Waals surface area contributed by atoms with E-state index in [4.69, 9.17) is 9.47 Å². The number of aromatic amines is 1. The van der Waals surface area contributed by atoms with Crippen molar-refractivity contribution < 1.29 is 19.1 Å². The van der Waals surface area contributed by atoms with Crippen LogP contribution in [0.1, 0.15) is 26.7 Å². The summed E-state index contributed by atoms with van der Waals surface area (Å²) in [5.41, 5.74) is 2.47. The zero-order valence-electron chi connectivity index (χ0n) is 14.5. The number of methoxy groups -OCH3 is 2. The van der Waals surface area contributed by atoms with Crippen molar-refractivity contribution in [2.24, 2.45) is 0 Å². The van der Waals surface area contributed by atoms with Crippen molar-refractivity contribution >= 4 is 22.8 Å². The number of H-pyrrole nitrogens is 1. The Morgan fingerprint density at radius 1 is 1.15 bits per heavy atom. The first-order valence-electron chi connectivity index (χ1n) is 8.20. The lowest BCUT2D eigenvalue weighted by Gasteiger charge is -2.27. The molecule has 0 aliphatic carbocycles. The first kappa shape index (κ1) is 16.2. The molecule has 1 aliphatic heterocycles. The van der Waals surface area contributed by atoms with Crippen molar-refractivity contribution in [3.05, 3.63) is 47.4 Å². The van der Waals surface area contributed by atoms with E-state index in [9.17, 15) is 9.59 Å². The molecule has 0 atom stereocenters. The number of benzene rings is 1. The maximum Gasteiger partial charge on any atom is 0.358 e. The lowest BCUT2D eigenvalue weighted by atomic mass is 10.2. The number of ether oxygens (including phenoxy) is 2. The monoisotopic (exact) mass is 354 g/mol. The van der Waals surface area contributed by atoms with Crippen molar-refractivity contribution in [3.8, 4) is 5.75 Å². The molecule has 0 radical (unpaired) electrons. The molecule has 1 amide bonds. The number of rotatable bonds is 3. The maximum atomic E-state index is 12.9. The van der Waals surface area contributed by atoms with E-state index < -0.39 is 5.97 Å². The molecule has 4 rings (SSSR count). The summed E-state index contributed by atoms with van der Waals surface area (Å²) in [7, 11) is 2.93. The van der Waals surface area contributed by atoms with Crippen LogP contribution in [0.25, 0.3) is 10.9 Å².